The van der Waals surface area contributed by atoms with Crippen LogP contribution in [0.25, 0.3) is 0 Å². The Labute approximate surface area is 140 Å². The molecule has 1 N–H and O–H groups in total. The molecule has 0 bridgehead atoms. The lowest BCUT2D eigenvalue weighted by molar-refractivity contribution is 0.222. The minimum absolute atomic E-state index is 0.472. The fourth-order valence-electron chi connectivity index (χ4n) is 2.86. The van der Waals surface area contributed by atoms with E-state index in [0.29, 0.717) is 18.4 Å². The van der Waals surface area contributed by atoms with Crippen LogP contribution in [0.4, 0.5) is 5.69 Å². The highest BCUT2D eigenvalue weighted by Crippen LogP contribution is 2.34. The van der Waals surface area contributed by atoms with Crippen molar-refractivity contribution in [2.45, 2.75) is 52.9 Å². The van der Waals surface area contributed by atoms with Crippen LogP contribution in [-0.4, -0.2) is 6.61 Å². The van der Waals surface area contributed by atoms with Crippen LogP contribution in [0.1, 0.15) is 64.0 Å². The fourth-order valence-corrected chi connectivity index (χ4v) is 2.86. The van der Waals surface area contributed by atoms with Crippen LogP contribution in [0.2, 0.25) is 0 Å². The minimum Gasteiger partial charge on any atom is -0.496 e. The lowest BCUT2D eigenvalue weighted by Gasteiger charge is -2.22. The standard InChI is InChI=1S/C21H29NO/c1-6-23-20-14-9-7-8-13-19(20)22-21-17(15(2)3)11-10-12-18(21)16(4)5/h7-13,15-16,22H,6,14H2,1-5H3. The van der Waals surface area contributed by atoms with Gasteiger partial charge >= 0.3 is 0 Å². The quantitative estimate of drug-likeness (QED) is 0.684. The molecular weight excluding hydrogens is 282 g/mol. The van der Waals surface area contributed by atoms with Gasteiger partial charge in [0.05, 0.1) is 12.3 Å². The second-order valence-electron chi connectivity index (χ2n) is 6.51. The summed E-state index contributed by atoms with van der Waals surface area (Å²) in [5.41, 5.74) is 5.00. The van der Waals surface area contributed by atoms with Gasteiger partial charge in [-0.3, -0.25) is 0 Å². The van der Waals surface area contributed by atoms with Crippen LogP contribution in [0.15, 0.2) is 54.0 Å². The second kappa shape index (κ2) is 8.05. The average Bonchev–Trinajstić information content (AvgIpc) is 2.73. The van der Waals surface area contributed by atoms with Gasteiger partial charge in [-0.2, -0.15) is 0 Å². The summed E-state index contributed by atoms with van der Waals surface area (Å²) in [6, 6.07) is 6.61. The van der Waals surface area contributed by atoms with Crippen molar-refractivity contribution in [3.8, 4) is 0 Å². The normalized spacial score (nSPS) is 14.6. The van der Waals surface area contributed by atoms with Crippen molar-refractivity contribution >= 4 is 5.69 Å². The van der Waals surface area contributed by atoms with Crippen molar-refractivity contribution in [3.05, 3.63) is 65.1 Å². The number of anilines is 1. The molecule has 0 amide bonds. The molecule has 0 spiro atoms. The zero-order valence-corrected chi connectivity index (χ0v) is 15.0. The summed E-state index contributed by atoms with van der Waals surface area (Å²) >= 11 is 0. The predicted molar refractivity (Wildman–Crippen MR) is 99.8 cm³/mol. The van der Waals surface area contributed by atoms with E-state index in [9.17, 15) is 0 Å². The maximum atomic E-state index is 5.86. The number of ether oxygens (including phenoxy) is 1. The number of allylic oxidation sites excluding steroid dienone is 4. The van der Waals surface area contributed by atoms with E-state index in [1.807, 2.05) is 6.92 Å². The molecule has 0 saturated heterocycles. The van der Waals surface area contributed by atoms with Gasteiger partial charge in [0, 0.05) is 12.1 Å². The van der Waals surface area contributed by atoms with Crippen molar-refractivity contribution in [1.82, 2.24) is 0 Å². The van der Waals surface area contributed by atoms with Crippen molar-refractivity contribution in [2.75, 3.05) is 11.9 Å². The highest BCUT2D eigenvalue weighted by molar-refractivity contribution is 5.64. The predicted octanol–water partition coefficient (Wildman–Crippen LogP) is 6.11. The summed E-state index contributed by atoms with van der Waals surface area (Å²) in [7, 11) is 0. The molecule has 0 aliphatic heterocycles. The molecule has 1 aromatic carbocycles. The third-order valence-corrected chi connectivity index (χ3v) is 4.06. The Morgan fingerprint density at radius 3 is 2.26 bits per heavy atom. The molecule has 1 aliphatic rings. The van der Waals surface area contributed by atoms with Gasteiger partial charge in [-0.15, -0.1) is 0 Å². The number of para-hydroxylation sites is 1. The van der Waals surface area contributed by atoms with Crippen molar-refractivity contribution in [3.63, 3.8) is 0 Å². The summed E-state index contributed by atoms with van der Waals surface area (Å²) in [6.45, 7) is 11.7. The van der Waals surface area contributed by atoms with E-state index >= 15 is 0 Å². The molecular formula is C21H29NO. The van der Waals surface area contributed by atoms with Gasteiger partial charge in [0.2, 0.25) is 0 Å². The van der Waals surface area contributed by atoms with Gasteiger partial charge in [0.15, 0.2) is 0 Å². The first-order chi connectivity index (χ1) is 11.0. The van der Waals surface area contributed by atoms with Gasteiger partial charge in [-0.25, -0.2) is 0 Å². The van der Waals surface area contributed by atoms with Crippen LogP contribution in [0, 0.1) is 0 Å². The van der Waals surface area contributed by atoms with Crippen molar-refractivity contribution in [1.29, 1.82) is 0 Å². The lowest BCUT2D eigenvalue weighted by atomic mass is 9.92. The molecule has 0 fully saturated rings. The van der Waals surface area contributed by atoms with Gasteiger partial charge in [0.1, 0.15) is 5.76 Å². The first-order valence-electron chi connectivity index (χ1n) is 8.63. The SMILES string of the molecule is CCOC1=C(Nc2c(C(C)C)cccc2C(C)C)C=CC=CC1. The molecule has 1 aliphatic carbocycles. The van der Waals surface area contributed by atoms with Crippen molar-refractivity contribution in [2.24, 2.45) is 0 Å². The van der Waals surface area contributed by atoms with Gasteiger partial charge in [0.25, 0.3) is 0 Å². The van der Waals surface area contributed by atoms with Crippen LogP contribution in [0.5, 0.6) is 0 Å². The van der Waals surface area contributed by atoms with Crippen LogP contribution in [0.3, 0.4) is 0 Å². The van der Waals surface area contributed by atoms with E-state index in [2.05, 4.69) is 75.5 Å². The maximum Gasteiger partial charge on any atom is 0.123 e. The summed E-state index contributed by atoms with van der Waals surface area (Å²) in [4.78, 5) is 0. The zero-order chi connectivity index (χ0) is 16.8. The average molecular weight is 311 g/mol. The number of nitrogens with one attached hydrogen (secondary N) is 1. The number of hydrogen-bond acceptors (Lipinski definition) is 2. The Hall–Kier alpha value is -1.96. The topological polar surface area (TPSA) is 21.3 Å². The maximum absolute atomic E-state index is 5.86. The third-order valence-electron chi connectivity index (χ3n) is 4.06. The Morgan fingerprint density at radius 2 is 1.70 bits per heavy atom. The molecule has 2 nitrogen and oxygen atoms in total. The molecule has 0 unspecified atom stereocenters. The number of benzene rings is 1. The van der Waals surface area contributed by atoms with E-state index in [-0.39, 0.29) is 0 Å². The molecule has 0 heterocycles. The lowest BCUT2D eigenvalue weighted by Crippen LogP contribution is -2.09. The molecule has 0 radical (unpaired) electrons. The zero-order valence-electron chi connectivity index (χ0n) is 15.0. The Balaban J connectivity index is 2.48. The molecule has 0 atom stereocenters. The molecule has 0 aromatic heterocycles. The summed E-state index contributed by atoms with van der Waals surface area (Å²) in [5, 5.41) is 3.68. The van der Waals surface area contributed by atoms with E-state index in [0.717, 1.165) is 17.9 Å². The smallest absolute Gasteiger partial charge is 0.123 e. The monoisotopic (exact) mass is 311 g/mol. The molecule has 0 saturated carbocycles. The largest absolute Gasteiger partial charge is 0.496 e. The molecule has 124 valence electrons. The Kier molecular flexibility index (Phi) is 6.09. The number of rotatable bonds is 6. The van der Waals surface area contributed by atoms with E-state index < -0.39 is 0 Å². The van der Waals surface area contributed by atoms with Gasteiger partial charge in [-0.05, 0) is 36.0 Å². The molecule has 1 aromatic rings. The van der Waals surface area contributed by atoms with Crippen LogP contribution in [-0.2, 0) is 4.74 Å². The molecule has 2 heteroatoms. The first-order valence-corrected chi connectivity index (χ1v) is 8.63. The highest BCUT2D eigenvalue weighted by Gasteiger charge is 2.16. The summed E-state index contributed by atoms with van der Waals surface area (Å²) in [5.74, 6) is 1.95. The van der Waals surface area contributed by atoms with Crippen molar-refractivity contribution < 1.29 is 4.74 Å². The van der Waals surface area contributed by atoms with E-state index in [1.165, 1.54) is 16.8 Å². The van der Waals surface area contributed by atoms with E-state index in [4.69, 9.17) is 4.74 Å². The second-order valence-corrected chi connectivity index (χ2v) is 6.51. The Morgan fingerprint density at radius 1 is 1.04 bits per heavy atom. The highest BCUT2D eigenvalue weighted by atomic mass is 16.5. The van der Waals surface area contributed by atoms with Gasteiger partial charge in [-0.1, -0.05) is 64.1 Å². The van der Waals surface area contributed by atoms with Crippen LogP contribution >= 0.6 is 0 Å². The first kappa shape index (κ1) is 17.4. The molecule has 2 rings (SSSR count). The fraction of sp³-hybridized carbons (Fsp3) is 0.429. The molecule has 23 heavy (non-hydrogen) atoms. The van der Waals surface area contributed by atoms with Crippen LogP contribution < -0.4 is 5.32 Å². The number of hydrogen-bond donors (Lipinski definition) is 1. The van der Waals surface area contributed by atoms with Gasteiger partial charge < -0.3 is 10.1 Å². The minimum atomic E-state index is 0.472. The summed E-state index contributed by atoms with van der Waals surface area (Å²) in [6.07, 6.45) is 9.21. The Bertz CT molecular complexity index is 594. The van der Waals surface area contributed by atoms with E-state index in [1.54, 1.807) is 0 Å². The third kappa shape index (κ3) is 4.28. The summed E-state index contributed by atoms with van der Waals surface area (Å²) < 4.78 is 5.86.